The zero-order valence-electron chi connectivity index (χ0n) is 16.5. The molecule has 1 aliphatic carbocycles. The van der Waals surface area contributed by atoms with Crippen molar-refractivity contribution in [2.24, 2.45) is 0 Å². The van der Waals surface area contributed by atoms with E-state index in [9.17, 15) is 0 Å². The summed E-state index contributed by atoms with van der Waals surface area (Å²) >= 11 is 0. The van der Waals surface area contributed by atoms with Gasteiger partial charge in [0.1, 0.15) is 0 Å². The summed E-state index contributed by atoms with van der Waals surface area (Å²) in [4.78, 5) is 2.81. The number of hydrogen-bond donors (Lipinski definition) is 1. The SMILES string of the molecule is c1ccc(CCNC2CCN(C3CCCCC3c3ccccc3)CC2)cc1. The van der Waals surface area contributed by atoms with E-state index < -0.39 is 0 Å². The fraction of sp³-hybridized carbons (Fsp3) is 0.520. The van der Waals surface area contributed by atoms with E-state index in [1.165, 1.54) is 57.2 Å². The van der Waals surface area contributed by atoms with Crippen molar-refractivity contribution in [1.29, 1.82) is 0 Å². The summed E-state index contributed by atoms with van der Waals surface area (Å²) in [6.07, 6.45) is 9.28. The van der Waals surface area contributed by atoms with Gasteiger partial charge in [-0.2, -0.15) is 0 Å². The highest BCUT2D eigenvalue weighted by atomic mass is 15.2. The van der Waals surface area contributed by atoms with E-state index in [2.05, 4.69) is 70.9 Å². The first-order valence-electron chi connectivity index (χ1n) is 11.0. The topological polar surface area (TPSA) is 15.3 Å². The molecule has 0 bridgehead atoms. The number of rotatable bonds is 6. The third-order valence-corrected chi connectivity index (χ3v) is 6.65. The van der Waals surface area contributed by atoms with Crippen LogP contribution in [-0.4, -0.2) is 36.6 Å². The zero-order chi connectivity index (χ0) is 18.3. The van der Waals surface area contributed by atoms with Crippen LogP contribution in [0.2, 0.25) is 0 Å². The molecule has 1 N–H and O–H groups in total. The molecule has 0 radical (unpaired) electrons. The molecule has 2 heteroatoms. The van der Waals surface area contributed by atoms with Crippen molar-refractivity contribution in [2.75, 3.05) is 19.6 Å². The molecule has 2 nitrogen and oxygen atoms in total. The number of nitrogens with one attached hydrogen (secondary N) is 1. The lowest BCUT2D eigenvalue weighted by Gasteiger charge is -2.43. The lowest BCUT2D eigenvalue weighted by Crippen LogP contribution is -2.49. The van der Waals surface area contributed by atoms with Crippen LogP contribution in [0.5, 0.6) is 0 Å². The highest BCUT2D eigenvalue weighted by Gasteiger charge is 2.33. The Bertz CT molecular complexity index is 661. The van der Waals surface area contributed by atoms with E-state index in [1.54, 1.807) is 5.56 Å². The first-order chi connectivity index (χ1) is 13.4. The molecule has 2 aromatic rings. The van der Waals surface area contributed by atoms with E-state index >= 15 is 0 Å². The Morgan fingerprint density at radius 3 is 2.19 bits per heavy atom. The number of likely N-dealkylation sites (tertiary alicyclic amines) is 1. The van der Waals surface area contributed by atoms with E-state index in [1.807, 2.05) is 0 Å². The van der Waals surface area contributed by atoms with Gasteiger partial charge in [0.2, 0.25) is 0 Å². The van der Waals surface area contributed by atoms with Gasteiger partial charge in [-0.25, -0.2) is 0 Å². The summed E-state index contributed by atoms with van der Waals surface area (Å²) in [6, 6.07) is 23.6. The summed E-state index contributed by atoms with van der Waals surface area (Å²) in [5, 5.41) is 3.81. The third kappa shape index (κ3) is 5.00. The Balaban J connectivity index is 1.26. The van der Waals surface area contributed by atoms with Gasteiger partial charge in [-0.15, -0.1) is 0 Å². The largest absolute Gasteiger partial charge is 0.314 e. The van der Waals surface area contributed by atoms with Crippen molar-refractivity contribution in [3.63, 3.8) is 0 Å². The van der Waals surface area contributed by atoms with Crippen molar-refractivity contribution in [1.82, 2.24) is 10.2 Å². The maximum absolute atomic E-state index is 3.81. The van der Waals surface area contributed by atoms with Gasteiger partial charge in [-0.3, -0.25) is 4.90 Å². The van der Waals surface area contributed by atoms with Crippen LogP contribution in [0.25, 0.3) is 0 Å². The summed E-state index contributed by atoms with van der Waals surface area (Å²) in [6.45, 7) is 3.62. The molecular formula is C25H34N2. The van der Waals surface area contributed by atoms with Gasteiger partial charge >= 0.3 is 0 Å². The van der Waals surface area contributed by atoms with Crippen molar-refractivity contribution >= 4 is 0 Å². The smallest absolute Gasteiger partial charge is 0.0164 e. The Hall–Kier alpha value is -1.64. The van der Waals surface area contributed by atoms with Gasteiger partial charge in [-0.05, 0) is 68.8 Å². The van der Waals surface area contributed by atoms with Gasteiger partial charge in [0.25, 0.3) is 0 Å². The van der Waals surface area contributed by atoms with Crippen LogP contribution in [0.3, 0.4) is 0 Å². The molecule has 1 saturated heterocycles. The second-order valence-corrected chi connectivity index (χ2v) is 8.37. The minimum Gasteiger partial charge on any atom is -0.314 e. The van der Waals surface area contributed by atoms with Crippen LogP contribution in [0.4, 0.5) is 0 Å². The Labute approximate surface area is 165 Å². The molecule has 144 valence electrons. The van der Waals surface area contributed by atoms with E-state index in [0.29, 0.717) is 6.04 Å². The van der Waals surface area contributed by atoms with Gasteiger partial charge in [0, 0.05) is 12.1 Å². The second kappa shape index (κ2) is 9.52. The van der Waals surface area contributed by atoms with Crippen LogP contribution >= 0.6 is 0 Å². The molecule has 4 rings (SSSR count). The van der Waals surface area contributed by atoms with E-state index in [-0.39, 0.29) is 0 Å². The van der Waals surface area contributed by atoms with Crippen LogP contribution in [0, 0.1) is 0 Å². The average Bonchev–Trinajstić information content (AvgIpc) is 2.76. The fourth-order valence-corrected chi connectivity index (χ4v) is 5.14. The molecule has 0 amide bonds. The van der Waals surface area contributed by atoms with E-state index in [0.717, 1.165) is 24.9 Å². The highest BCUT2D eigenvalue weighted by Crippen LogP contribution is 2.37. The maximum Gasteiger partial charge on any atom is 0.0164 e. The molecule has 27 heavy (non-hydrogen) atoms. The maximum atomic E-state index is 3.81. The Morgan fingerprint density at radius 1 is 0.778 bits per heavy atom. The summed E-state index contributed by atoms with van der Waals surface area (Å²) in [5.74, 6) is 0.738. The molecule has 2 unspecified atom stereocenters. The molecule has 2 aromatic carbocycles. The predicted molar refractivity (Wildman–Crippen MR) is 114 cm³/mol. The van der Waals surface area contributed by atoms with Gasteiger partial charge in [-0.1, -0.05) is 73.5 Å². The van der Waals surface area contributed by atoms with Crippen molar-refractivity contribution in [2.45, 2.75) is 62.9 Å². The molecule has 2 fully saturated rings. The number of hydrogen-bond acceptors (Lipinski definition) is 2. The highest BCUT2D eigenvalue weighted by molar-refractivity contribution is 5.22. The normalized spacial score (nSPS) is 24.7. The van der Waals surface area contributed by atoms with Gasteiger partial charge in [0.15, 0.2) is 0 Å². The van der Waals surface area contributed by atoms with Gasteiger partial charge < -0.3 is 5.32 Å². The second-order valence-electron chi connectivity index (χ2n) is 8.37. The molecular weight excluding hydrogens is 328 g/mol. The molecule has 0 spiro atoms. The third-order valence-electron chi connectivity index (χ3n) is 6.65. The number of nitrogens with zero attached hydrogens (tertiary/aromatic N) is 1. The summed E-state index contributed by atoms with van der Waals surface area (Å²) < 4.78 is 0. The molecule has 1 heterocycles. The predicted octanol–water partition coefficient (Wildman–Crippen LogP) is 5.01. The lowest BCUT2D eigenvalue weighted by atomic mass is 9.78. The van der Waals surface area contributed by atoms with Crippen molar-refractivity contribution < 1.29 is 0 Å². The summed E-state index contributed by atoms with van der Waals surface area (Å²) in [5.41, 5.74) is 3.00. The molecule has 1 aliphatic heterocycles. The first-order valence-corrected chi connectivity index (χ1v) is 11.0. The molecule has 0 aromatic heterocycles. The Kier molecular flexibility index (Phi) is 6.60. The minimum atomic E-state index is 0.698. The Morgan fingerprint density at radius 2 is 1.44 bits per heavy atom. The van der Waals surface area contributed by atoms with Crippen LogP contribution in [0.1, 0.15) is 55.6 Å². The fourth-order valence-electron chi connectivity index (χ4n) is 5.14. The lowest BCUT2D eigenvalue weighted by molar-refractivity contribution is 0.100. The van der Waals surface area contributed by atoms with Crippen LogP contribution < -0.4 is 5.32 Å². The van der Waals surface area contributed by atoms with Crippen LogP contribution in [0.15, 0.2) is 60.7 Å². The van der Waals surface area contributed by atoms with E-state index in [4.69, 9.17) is 0 Å². The zero-order valence-corrected chi connectivity index (χ0v) is 16.5. The molecule has 2 aliphatic rings. The number of benzene rings is 2. The van der Waals surface area contributed by atoms with Gasteiger partial charge in [0.05, 0.1) is 0 Å². The van der Waals surface area contributed by atoms with Crippen molar-refractivity contribution in [3.8, 4) is 0 Å². The molecule has 2 atom stereocenters. The quantitative estimate of drug-likeness (QED) is 0.777. The molecule has 1 saturated carbocycles. The van der Waals surface area contributed by atoms with Crippen molar-refractivity contribution in [3.05, 3.63) is 71.8 Å². The van der Waals surface area contributed by atoms with Crippen LogP contribution in [-0.2, 0) is 6.42 Å². The standard InChI is InChI=1S/C25H34N2/c1-3-9-21(10-4-1)15-18-26-23-16-19-27(20-17-23)25-14-8-7-13-24(25)22-11-5-2-6-12-22/h1-6,9-12,23-26H,7-8,13-20H2. The first kappa shape index (κ1) is 18.7. The average molecular weight is 363 g/mol. The number of piperidine rings is 1. The minimum absolute atomic E-state index is 0.698. The summed E-state index contributed by atoms with van der Waals surface area (Å²) in [7, 11) is 0. The monoisotopic (exact) mass is 362 g/mol.